The van der Waals surface area contributed by atoms with Crippen molar-refractivity contribution in [2.24, 2.45) is 5.41 Å². The molecule has 1 saturated heterocycles. The second-order valence-electron chi connectivity index (χ2n) is 5.03. The molecule has 2 atom stereocenters. The van der Waals surface area contributed by atoms with E-state index in [1.54, 1.807) is 0 Å². The van der Waals surface area contributed by atoms with Crippen molar-refractivity contribution < 1.29 is 9.84 Å². The van der Waals surface area contributed by atoms with Crippen molar-refractivity contribution in [2.75, 3.05) is 19.8 Å². The van der Waals surface area contributed by atoms with Crippen LogP contribution < -0.4 is 5.32 Å². The first-order chi connectivity index (χ1) is 7.67. The average Bonchev–Trinajstić information content (AvgIpc) is 2.70. The van der Waals surface area contributed by atoms with Gasteiger partial charge in [-0.1, -0.05) is 13.8 Å². The van der Waals surface area contributed by atoms with Gasteiger partial charge in [0.05, 0.1) is 6.10 Å². The van der Waals surface area contributed by atoms with Crippen molar-refractivity contribution >= 4 is 0 Å². The van der Waals surface area contributed by atoms with E-state index in [-0.39, 0.29) is 5.41 Å². The fourth-order valence-electron chi connectivity index (χ4n) is 2.53. The summed E-state index contributed by atoms with van der Waals surface area (Å²) >= 11 is 0. The number of ether oxygens (including phenoxy) is 1. The Kier molecular flexibility index (Phi) is 5.73. The first-order valence-corrected chi connectivity index (χ1v) is 6.63. The Labute approximate surface area is 99.6 Å². The summed E-state index contributed by atoms with van der Waals surface area (Å²) in [6, 6.07) is 0.496. The summed E-state index contributed by atoms with van der Waals surface area (Å²) in [5.41, 5.74) is 0.261. The third-order valence-electron chi connectivity index (χ3n) is 4.26. The van der Waals surface area contributed by atoms with Gasteiger partial charge in [-0.05, 0) is 38.0 Å². The van der Waals surface area contributed by atoms with E-state index in [0.29, 0.717) is 18.8 Å². The summed E-state index contributed by atoms with van der Waals surface area (Å²) in [7, 11) is 0. The minimum Gasteiger partial charge on any atom is -0.396 e. The van der Waals surface area contributed by atoms with Gasteiger partial charge in [-0.25, -0.2) is 0 Å². The van der Waals surface area contributed by atoms with Crippen LogP contribution in [0.15, 0.2) is 0 Å². The van der Waals surface area contributed by atoms with Gasteiger partial charge >= 0.3 is 0 Å². The Morgan fingerprint density at radius 2 is 2.06 bits per heavy atom. The summed E-state index contributed by atoms with van der Waals surface area (Å²) in [6.07, 6.45) is 4.59. The number of rotatable bonds is 7. The lowest BCUT2D eigenvalue weighted by Gasteiger charge is -2.33. The van der Waals surface area contributed by atoms with Gasteiger partial charge in [0, 0.05) is 25.8 Å². The zero-order chi connectivity index (χ0) is 12.0. The lowest BCUT2D eigenvalue weighted by molar-refractivity contribution is 0.105. The van der Waals surface area contributed by atoms with Gasteiger partial charge in [0.2, 0.25) is 0 Å². The fourth-order valence-corrected chi connectivity index (χ4v) is 2.53. The minimum absolute atomic E-state index is 0.261. The van der Waals surface area contributed by atoms with Crippen LogP contribution >= 0.6 is 0 Å². The van der Waals surface area contributed by atoms with E-state index in [1.165, 1.54) is 0 Å². The molecule has 16 heavy (non-hydrogen) atoms. The van der Waals surface area contributed by atoms with Crippen molar-refractivity contribution in [3.63, 3.8) is 0 Å². The maximum absolute atomic E-state index is 9.16. The average molecular weight is 229 g/mol. The van der Waals surface area contributed by atoms with Gasteiger partial charge in [-0.2, -0.15) is 0 Å². The summed E-state index contributed by atoms with van der Waals surface area (Å²) < 4.78 is 5.55. The van der Waals surface area contributed by atoms with Crippen molar-refractivity contribution in [3.8, 4) is 0 Å². The van der Waals surface area contributed by atoms with Crippen molar-refractivity contribution in [3.05, 3.63) is 0 Å². The zero-order valence-corrected chi connectivity index (χ0v) is 11.0. The second-order valence-corrected chi connectivity index (χ2v) is 5.03. The molecule has 96 valence electrons. The number of aliphatic hydroxyl groups excluding tert-OH is 1. The molecule has 1 rings (SSSR count). The molecular weight excluding hydrogens is 202 g/mol. The smallest absolute Gasteiger partial charge is 0.0700 e. The van der Waals surface area contributed by atoms with Gasteiger partial charge in [-0.15, -0.1) is 0 Å². The summed E-state index contributed by atoms with van der Waals surface area (Å²) in [5, 5.41) is 12.8. The molecule has 0 amide bonds. The molecular formula is C13H27NO2. The molecule has 0 aromatic rings. The molecule has 0 aliphatic carbocycles. The molecule has 3 nitrogen and oxygen atoms in total. The number of hydrogen-bond acceptors (Lipinski definition) is 3. The van der Waals surface area contributed by atoms with Crippen molar-refractivity contribution in [1.82, 2.24) is 5.32 Å². The Bertz CT molecular complexity index is 192. The molecule has 0 aromatic heterocycles. The summed E-state index contributed by atoms with van der Waals surface area (Å²) in [5.74, 6) is 0. The molecule has 0 saturated carbocycles. The molecule has 1 aliphatic rings. The summed E-state index contributed by atoms with van der Waals surface area (Å²) in [4.78, 5) is 0. The van der Waals surface area contributed by atoms with E-state index in [9.17, 15) is 0 Å². The highest BCUT2D eigenvalue weighted by atomic mass is 16.5. The lowest BCUT2D eigenvalue weighted by Crippen LogP contribution is -2.42. The van der Waals surface area contributed by atoms with E-state index in [0.717, 1.165) is 38.8 Å². The molecule has 2 unspecified atom stereocenters. The first-order valence-electron chi connectivity index (χ1n) is 6.63. The Hall–Kier alpha value is -0.120. The van der Waals surface area contributed by atoms with Crippen LogP contribution in [0.3, 0.4) is 0 Å². The highest BCUT2D eigenvalue weighted by molar-refractivity contribution is 4.85. The number of aliphatic hydroxyl groups is 1. The number of nitrogens with one attached hydrogen (secondary N) is 1. The molecule has 1 aliphatic heterocycles. The summed E-state index contributed by atoms with van der Waals surface area (Å²) in [6.45, 7) is 8.74. The Morgan fingerprint density at radius 3 is 2.50 bits per heavy atom. The predicted octanol–water partition coefficient (Wildman–Crippen LogP) is 1.94. The highest BCUT2D eigenvalue weighted by Crippen LogP contribution is 2.30. The number of hydrogen-bond donors (Lipinski definition) is 2. The van der Waals surface area contributed by atoms with Gasteiger partial charge in [0.15, 0.2) is 0 Å². The normalized spacial score (nSPS) is 26.2. The van der Waals surface area contributed by atoms with E-state index in [1.807, 2.05) is 0 Å². The van der Waals surface area contributed by atoms with E-state index < -0.39 is 0 Å². The third kappa shape index (κ3) is 3.44. The third-order valence-corrected chi connectivity index (χ3v) is 4.26. The second kappa shape index (κ2) is 6.58. The van der Waals surface area contributed by atoms with Crippen molar-refractivity contribution in [1.29, 1.82) is 0 Å². The molecule has 3 heteroatoms. The molecule has 0 radical (unpaired) electrons. The SMILES string of the molecule is CCC(CC)(CCO)CNC1CCOC1C. The van der Waals surface area contributed by atoms with Crippen LogP contribution in [0.5, 0.6) is 0 Å². The Morgan fingerprint density at radius 1 is 1.38 bits per heavy atom. The maximum atomic E-state index is 9.16. The monoisotopic (exact) mass is 229 g/mol. The molecule has 0 bridgehead atoms. The molecule has 1 fully saturated rings. The zero-order valence-electron chi connectivity index (χ0n) is 11.0. The van der Waals surface area contributed by atoms with Crippen LogP contribution in [0, 0.1) is 5.41 Å². The van der Waals surface area contributed by atoms with Crippen LogP contribution in [0.25, 0.3) is 0 Å². The van der Waals surface area contributed by atoms with Crippen LogP contribution in [-0.4, -0.2) is 37.0 Å². The quantitative estimate of drug-likeness (QED) is 0.701. The van der Waals surface area contributed by atoms with Gasteiger partial charge in [0.1, 0.15) is 0 Å². The fraction of sp³-hybridized carbons (Fsp3) is 1.00. The standard InChI is InChI=1S/C13H27NO2/c1-4-13(5-2,7-8-15)10-14-12-6-9-16-11(12)3/h11-12,14-15H,4-10H2,1-3H3. The maximum Gasteiger partial charge on any atom is 0.0700 e. The van der Waals surface area contributed by atoms with Crippen LogP contribution in [0.1, 0.15) is 46.5 Å². The van der Waals surface area contributed by atoms with Crippen LogP contribution in [0.4, 0.5) is 0 Å². The topological polar surface area (TPSA) is 41.5 Å². The van der Waals surface area contributed by atoms with E-state index >= 15 is 0 Å². The molecule has 0 spiro atoms. The van der Waals surface area contributed by atoms with Gasteiger partial charge in [0.25, 0.3) is 0 Å². The van der Waals surface area contributed by atoms with Crippen molar-refractivity contribution in [2.45, 2.75) is 58.6 Å². The first kappa shape index (κ1) is 13.9. The van der Waals surface area contributed by atoms with E-state index in [4.69, 9.17) is 9.84 Å². The molecule has 1 heterocycles. The van der Waals surface area contributed by atoms with E-state index in [2.05, 4.69) is 26.1 Å². The molecule has 2 N–H and O–H groups in total. The largest absolute Gasteiger partial charge is 0.396 e. The molecule has 0 aromatic carbocycles. The predicted molar refractivity (Wildman–Crippen MR) is 66.5 cm³/mol. The highest BCUT2D eigenvalue weighted by Gasteiger charge is 2.29. The van der Waals surface area contributed by atoms with Crippen LogP contribution in [-0.2, 0) is 4.74 Å². The van der Waals surface area contributed by atoms with Gasteiger partial charge < -0.3 is 15.2 Å². The van der Waals surface area contributed by atoms with Crippen LogP contribution in [0.2, 0.25) is 0 Å². The van der Waals surface area contributed by atoms with Gasteiger partial charge in [-0.3, -0.25) is 0 Å². The Balaban J connectivity index is 2.42. The minimum atomic E-state index is 0.261. The lowest BCUT2D eigenvalue weighted by atomic mass is 9.79.